The number of aromatic amines is 1. The average Bonchev–Trinajstić information content (AvgIpc) is 3.61. The quantitative estimate of drug-likeness (QED) is 0.173. The van der Waals surface area contributed by atoms with Crippen molar-refractivity contribution in [3.63, 3.8) is 0 Å². The minimum absolute atomic E-state index is 0.302. The number of nitrogens with zero attached hydrogens (tertiary/aromatic N) is 3. The fourth-order valence-corrected chi connectivity index (χ4v) is 6.10. The molecule has 0 amide bonds. The summed E-state index contributed by atoms with van der Waals surface area (Å²) in [7, 11) is 0. The number of rotatable bonds is 6. The Kier molecular flexibility index (Phi) is 8.05. The number of aromatic nitrogens is 4. The Morgan fingerprint density at radius 3 is 1.55 bits per heavy atom. The first-order valence-electron chi connectivity index (χ1n) is 12.6. The molecule has 0 bridgehead atoms. The summed E-state index contributed by atoms with van der Waals surface area (Å²) in [6, 6.07) is 44.1. The summed E-state index contributed by atoms with van der Waals surface area (Å²) < 4.78 is 0. The molecule has 0 fully saturated rings. The van der Waals surface area contributed by atoms with E-state index in [0.717, 1.165) is 11.8 Å². The molecule has 1 aliphatic carbocycles. The first-order chi connectivity index (χ1) is 18.8. The van der Waals surface area contributed by atoms with Crippen molar-refractivity contribution in [2.24, 2.45) is 0 Å². The molecule has 1 aliphatic rings. The molecule has 0 aliphatic heterocycles. The highest BCUT2D eigenvalue weighted by Gasteiger charge is 2.54. The molecule has 0 saturated heterocycles. The minimum Gasteiger partial charge on any atom is -0.246 e. The second-order valence-corrected chi connectivity index (χ2v) is 9.76. The highest BCUT2D eigenvalue weighted by atomic mass is 79.9. The smallest absolute Gasteiger partial charge is 0.135 e. The minimum atomic E-state index is -0.414. The fraction of sp³-hybridized carbons (Fsp3) is 0.121. The van der Waals surface area contributed by atoms with E-state index in [0.29, 0.717) is 0 Å². The van der Waals surface area contributed by atoms with Crippen molar-refractivity contribution in [1.82, 2.24) is 20.6 Å². The van der Waals surface area contributed by atoms with Gasteiger partial charge in [-0.2, -0.15) is 0 Å². The fourth-order valence-electron chi connectivity index (χ4n) is 5.69. The Balaban J connectivity index is 0.000000529. The van der Waals surface area contributed by atoms with Crippen LogP contribution >= 0.6 is 15.9 Å². The molecule has 0 radical (unpaired) electrons. The van der Waals surface area contributed by atoms with Crippen LogP contribution in [0, 0.1) is 0 Å². The lowest BCUT2D eigenvalue weighted by Crippen LogP contribution is -2.50. The van der Waals surface area contributed by atoms with Gasteiger partial charge in [-0.05, 0) is 44.7 Å². The van der Waals surface area contributed by atoms with Crippen LogP contribution in [0.2, 0.25) is 0 Å². The van der Waals surface area contributed by atoms with Gasteiger partial charge in [-0.15, -0.1) is 5.10 Å². The first-order valence-corrected chi connectivity index (χ1v) is 13.8. The monoisotopic (exact) mass is 560 g/mol. The number of halogens is 1. The Morgan fingerprint density at radius 1 is 0.711 bits per heavy atom. The first kappa shape index (κ1) is 25.6. The predicted octanol–water partition coefficient (Wildman–Crippen LogP) is 7.44. The van der Waals surface area contributed by atoms with Crippen LogP contribution in [-0.2, 0) is 10.8 Å². The van der Waals surface area contributed by atoms with Crippen molar-refractivity contribution in [1.29, 1.82) is 0 Å². The van der Waals surface area contributed by atoms with Gasteiger partial charge >= 0.3 is 0 Å². The normalized spacial score (nSPS) is 16.7. The average molecular weight is 562 g/mol. The van der Waals surface area contributed by atoms with Crippen molar-refractivity contribution in [3.8, 4) is 0 Å². The van der Waals surface area contributed by atoms with Gasteiger partial charge in [0.25, 0.3) is 0 Å². The molecule has 1 atom stereocenters. The highest BCUT2D eigenvalue weighted by molar-refractivity contribution is 9.09. The van der Waals surface area contributed by atoms with Crippen molar-refractivity contribution >= 4 is 15.9 Å². The van der Waals surface area contributed by atoms with Gasteiger partial charge in [0, 0.05) is 10.7 Å². The number of hydrogen-bond donors (Lipinski definition) is 1. The largest absolute Gasteiger partial charge is 0.246 e. The molecule has 4 aromatic carbocycles. The van der Waals surface area contributed by atoms with Crippen LogP contribution in [-0.4, -0.2) is 26.0 Å². The van der Waals surface area contributed by atoms with Gasteiger partial charge in [0.2, 0.25) is 0 Å². The third-order valence-electron chi connectivity index (χ3n) is 7.27. The predicted molar refractivity (Wildman–Crippen MR) is 157 cm³/mol. The second-order valence-electron chi connectivity index (χ2n) is 9.20. The van der Waals surface area contributed by atoms with E-state index in [1.54, 1.807) is 0 Å². The number of tetrazole rings is 1. The number of alkyl halides is 1. The van der Waals surface area contributed by atoms with Crippen LogP contribution in [0.1, 0.15) is 28.7 Å². The second kappa shape index (κ2) is 12.0. The van der Waals surface area contributed by atoms with Crippen LogP contribution in [0.3, 0.4) is 0 Å². The van der Waals surface area contributed by atoms with Crippen LogP contribution in [0.15, 0.2) is 151 Å². The van der Waals surface area contributed by atoms with E-state index >= 15 is 0 Å². The molecule has 1 unspecified atom stereocenters. The van der Waals surface area contributed by atoms with Gasteiger partial charge in [-0.3, -0.25) is 0 Å². The maximum atomic E-state index is 3.67. The Bertz CT molecular complexity index is 1340. The Labute approximate surface area is 232 Å². The van der Waals surface area contributed by atoms with Gasteiger partial charge in [0.15, 0.2) is 0 Å². The summed E-state index contributed by atoms with van der Waals surface area (Å²) in [6.07, 6.45) is 9.50. The molecular weight excluding hydrogens is 532 g/mol. The topological polar surface area (TPSA) is 54.5 Å². The highest BCUT2D eigenvalue weighted by Crippen LogP contribution is 2.57. The molecule has 38 heavy (non-hydrogen) atoms. The summed E-state index contributed by atoms with van der Waals surface area (Å²) >= 11 is 3.67. The SMILES string of the molecule is BrCC1=CCC(c2ccccc2)(C(c2ccccc2)(c2ccccc2)c2ccccc2)C=C1.c1nnn[nH]1. The number of allylic oxidation sites excluding steroid dienone is 4. The van der Waals surface area contributed by atoms with Crippen molar-refractivity contribution in [3.05, 3.63) is 174 Å². The third kappa shape index (κ3) is 4.77. The summed E-state index contributed by atoms with van der Waals surface area (Å²) in [5, 5.41) is 13.0. The van der Waals surface area contributed by atoms with E-state index in [2.05, 4.69) is 176 Å². The molecule has 4 nitrogen and oxygen atoms in total. The third-order valence-corrected chi connectivity index (χ3v) is 7.92. The van der Waals surface area contributed by atoms with Gasteiger partial charge in [0.1, 0.15) is 6.33 Å². The molecule has 188 valence electrons. The summed E-state index contributed by atoms with van der Waals surface area (Å²) in [6.45, 7) is 0. The Hall–Kier alpha value is -4.09. The van der Waals surface area contributed by atoms with Crippen molar-refractivity contribution < 1.29 is 0 Å². The van der Waals surface area contributed by atoms with Gasteiger partial charge in [-0.1, -0.05) is 155 Å². The molecule has 1 heterocycles. The van der Waals surface area contributed by atoms with E-state index in [1.165, 1.54) is 34.2 Å². The summed E-state index contributed by atoms with van der Waals surface area (Å²) in [5.41, 5.74) is 5.82. The zero-order valence-corrected chi connectivity index (χ0v) is 22.6. The summed E-state index contributed by atoms with van der Waals surface area (Å²) in [5.74, 6) is 0. The molecule has 6 rings (SSSR count). The molecule has 0 saturated carbocycles. The van der Waals surface area contributed by atoms with Gasteiger partial charge < -0.3 is 0 Å². The van der Waals surface area contributed by atoms with Crippen molar-refractivity contribution in [2.75, 3.05) is 5.33 Å². The van der Waals surface area contributed by atoms with E-state index in [9.17, 15) is 0 Å². The Morgan fingerprint density at radius 2 is 1.21 bits per heavy atom. The van der Waals surface area contributed by atoms with Crippen LogP contribution in [0.5, 0.6) is 0 Å². The van der Waals surface area contributed by atoms with E-state index < -0.39 is 5.41 Å². The zero-order chi connectivity index (χ0) is 26.1. The van der Waals surface area contributed by atoms with Gasteiger partial charge in [0.05, 0.1) is 5.41 Å². The zero-order valence-electron chi connectivity index (χ0n) is 21.0. The lowest BCUT2D eigenvalue weighted by atomic mass is 9.49. The van der Waals surface area contributed by atoms with E-state index in [1.807, 2.05) is 0 Å². The number of nitrogens with one attached hydrogen (secondary N) is 1. The van der Waals surface area contributed by atoms with Gasteiger partial charge in [-0.25, -0.2) is 5.10 Å². The molecule has 5 heteroatoms. The maximum absolute atomic E-state index is 3.67. The van der Waals surface area contributed by atoms with Crippen LogP contribution in [0.4, 0.5) is 0 Å². The number of hydrogen-bond acceptors (Lipinski definition) is 3. The molecule has 0 spiro atoms. The van der Waals surface area contributed by atoms with Crippen LogP contribution < -0.4 is 0 Å². The van der Waals surface area contributed by atoms with E-state index in [-0.39, 0.29) is 5.41 Å². The van der Waals surface area contributed by atoms with Crippen LogP contribution in [0.25, 0.3) is 0 Å². The van der Waals surface area contributed by atoms with Crippen molar-refractivity contribution in [2.45, 2.75) is 17.3 Å². The number of H-pyrrole nitrogens is 1. The maximum Gasteiger partial charge on any atom is 0.135 e. The molecule has 1 aromatic heterocycles. The molecule has 1 N–H and O–H groups in total. The lowest BCUT2D eigenvalue weighted by Gasteiger charge is -2.52. The molecular formula is C33H29BrN4. The standard InChI is InChI=1S/C32H27Br.CH2N4/c33-25-26-21-23-31(24-22-26,27-13-5-1-6-14-27)32(28-15-7-2-8-16-28,29-17-9-3-10-18-29)30-19-11-4-12-20-30;1-2-4-5-3-1/h1-23H,24-25H2;1H,(H,2,3,4,5). The molecule has 5 aromatic rings. The van der Waals surface area contributed by atoms with E-state index in [4.69, 9.17) is 0 Å². The summed E-state index contributed by atoms with van der Waals surface area (Å²) in [4.78, 5) is 0. The lowest BCUT2D eigenvalue weighted by molar-refractivity contribution is 0.369. The number of benzene rings is 4.